The average Bonchev–Trinajstić information content (AvgIpc) is 3.21. The van der Waals surface area contributed by atoms with E-state index in [4.69, 9.17) is 33.2 Å². The summed E-state index contributed by atoms with van der Waals surface area (Å²) in [6.45, 7) is 2.82. The number of ketones is 1. The minimum absolute atomic E-state index is 0.176. The first-order chi connectivity index (χ1) is 17.9. The van der Waals surface area contributed by atoms with Gasteiger partial charge in [0.15, 0.2) is 24.1 Å². The lowest BCUT2D eigenvalue weighted by Crippen LogP contribution is -2.14. The van der Waals surface area contributed by atoms with Gasteiger partial charge >= 0.3 is 0 Å². The number of halogens is 1. The Hall–Kier alpha value is -3.69. The number of Topliss-reactive ketones (excluding diaryl/α,β-unsaturated/α-hetero) is 1. The molecule has 37 heavy (non-hydrogen) atoms. The Kier molecular flexibility index (Phi) is 6.99. The van der Waals surface area contributed by atoms with E-state index in [0.717, 1.165) is 26.9 Å². The number of methoxy groups -OCH3 is 3. The fraction of sp³-hybridized carbons (Fsp3) is 0.250. The summed E-state index contributed by atoms with van der Waals surface area (Å²) in [5.41, 5.74) is 3.72. The number of benzene rings is 3. The van der Waals surface area contributed by atoms with Crippen LogP contribution in [0.2, 0.25) is 0 Å². The van der Waals surface area contributed by atoms with E-state index in [2.05, 4.69) is 15.9 Å². The first-order valence-electron chi connectivity index (χ1n) is 11.5. The summed E-state index contributed by atoms with van der Waals surface area (Å²) in [7, 11) is 4.60. The van der Waals surface area contributed by atoms with Crippen molar-refractivity contribution in [2.45, 2.75) is 20.1 Å². The number of hydrogen-bond acceptors (Lipinski definition) is 8. The molecule has 0 unspecified atom stereocenters. The van der Waals surface area contributed by atoms with Gasteiger partial charge in [0.2, 0.25) is 11.5 Å². The maximum Gasteiger partial charge on any atom is 0.232 e. The van der Waals surface area contributed by atoms with Crippen molar-refractivity contribution in [1.82, 2.24) is 0 Å². The Bertz CT molecular complexity index is 1410. The van der Waals surface area contributed by atoms with Crippen LogP contribution in [0.1, 0.15) is 32.6 Å². The highest BCUT2D eigenvalue weighted by Crippen LogP contribution is 2.43. The summed E-state index contributed by atoms with van der Waals surface area (Å²) in [5, 5.41) is 0. The predicted octanol–water partition coefficient (Wildman–Crippen LogP) is 5.85. The maximum atomic E-state index is 13.2. The van der Waals surface area contributed by atoms with Crippen LogP contribution in [-0.2, 0) is 18.0 Å². The molecule has 192 valence electrons. The molecule has 3 aromatic rings. The number of hydrogen-bond donors (Lipinski definition) is 0. The summed E-state index contributed by atoms with van der Waals surface area (Å²) in [5.74, 6) is 3.13. The van der Waals surface area contributed by atoms with E-state index in [-0.39, 0.29) is 24.9 Å². The summed E-state index contributed by atoms with van der Waals surface area (Å²) in [6.07, 6.45) is 1.64. The molecule has 0 amide bonds. The topological polar surface area (TPSA) is 81.7 Å². The quantitative estimate of drug-likeness (QED) is 0.328. The first kappa shape index (κ1) is 25.0. The van der Waals surface area contributed by atoms with Crippen molar-refractivity contribution < 1.29 is 38.0 Å². The number of carbonyl (C=O) groups is 1. The molecule has 0 bridgehead atoms. The summed E-state index contributed by atoms with van der Waals surface area (Å²) in [6, 6.07) is 11.0. The summed E-state index contributed by atoms with van der Waals surface area (Å²) in [4.78, 5) is 13.2. The molecular formula is C28H25BrO8. The Balaban J connectivity index is 1.41. The van der Waals surface area contributed by atoms with Gasteiger partial charge in [-0.3, -0.25) is 4.79 Å². The Labute approximate surface area is 222 Å². The van der Waals surface area contributed by atoms with Gasteiger partial charge in [-0.05, 0) is 48.9 Å². The smallest absolute Gasteiger partial charge is 0.232 e. The van der Waals surface area contributed by atoms with Crippen LogP contribution in [0.5, 0.6) is 34.5 Å². The van der Waals surface area contributed by atoms with Crippen molar-refractivity contribution in [3.8, 4) is 34.5 Å². The van der Waals surface area contributed by atoms with E-state index in [1.54, 1.807) is 31.4 Å². The Morgan fingerprint density at radius 1 is 1.03 bits per heavy atom. The van der Waals surface area contributed by atoms with Gasteiger partial charge in [-0.1, -0.05) is 15.9 Å². The molecule has 0 aromatic heterocycles. The minimum Gasteiger partial charge on any atom is -0.493 e. The second-order valence-corrected chi connectivity index (χ2v) is 9.34. The molecule has 0 N–H and O–H groups in total. The molecule has 2 heterocycles. The van der Waals surface area contributed by atoms with E-state index in [0.29, 0.717) is 46.5 Å². The zero-order valence-electron chi connectivity index (χ0n) is 20.8. The van der Waals surface area contributed by atoms with Crippen molar-refractivity contribution in [1.29, 1.82) is 0 Å². The van der Waals surface area contributed by atoms with Crippen LogP contribution in [-0.4, -0.2) is 33.9 Å². The molecule has 0 aliphatic carbocycles. The molecule has 0 radical (unpaired) electrons. The van der Waals surface area contributed by atoms with Crippen LogP contribution in [0.25, 0.3) is 6.08 Å². The molecule has 0 spiro atoms. The lowest BCUT2D eigenvalue weighted by Gasteiger charge is -2.21. The molecular weight excluding hydrogens is 544 g/mol. The van der Waals surface area contributed by atoms with Gasteiger partial charge < -0.3 is 33.2 Å². The third-order valence-electron chi connectivity index (χ3n) is 6.11. The van der Waals surface area contributed by atoms with Gasteiger partial charge in [0.25, 0.3) is 0 Å². The number of aryl methyl sites for hydroxylation is 1. The molecule has 3 aromatic carbocycles. The van der Waals surface area contributed by atoms with Crippen LogP contribution < -0.4 is 28.4 Å². The molecule has 2 aliphatic rings. The normalized spacial score (nSPS) is 14.9. The molecule has 2 aliphatic heterocycles. The zero-order chi connectivity index (χ0) is 26.1. The second kappa shape index (κ2) is 10.4. The maximum absolute atomic E-state index is 13.2. The lowest BCUT2D eigenvalue weighted by molar-refractivity contribution is -0.0176. The molecule has 0 saturated carbocycles. The third-order valence-corrected chi connectivity index (χ3v) is 6.57. The summed E-state index contributed by atoms with van der Waals surface area (Å²) < 4.78 is 40.4. The monoisotopic (exact) mass is 568 g/mol. The highest BCUT2D eigenvalue weighted by molar-refractivity contribution is 9.10. The lowest BCUT2D eigenvalue weighted by atomic mass is 10.0. The van der Waals surface area contributed by atoms with E-state index in [1.807, 2.05) is 25.1 Å². The van der Waals surface area contributed by atoms with E-state index >= 15 is 0 Å². The van der Waals surface area contributed by atoms with Crippen molar-refractivity contribution in [3.63, 3.8) is 0 Å². The van der Waals surface area contributed by atoms with Crippen LogP contribution >= 0.6 is 15.9 Å². The Morgan fingerprint density at radius 2 is 1.84 bits per heavy atom. The van der Waals surface area contributed by atoms with Gasteiger partial charge in [0.05, 0.1) is 33.5 Å². The van der Waals surface area contributed by atoms with Gasteiger partial charge in [-0.15, -0.1) is 0 Å². The number of carbonyl (C=O) groups excluding carboxylic acids is 1. The number of fused-ring (bicyclic) bond motifs is 2. The molecule has 0 saturated heterocycles. The van der Waals surface area contributed by atoms with Gasteiger partial charge in [0.1, 0.15) is 23.9 Å². The van der Waals surface area contributed by atoms with Crippen molar-refractivity contribution in [3.05, 3.63) is 74.4 Å². The molecule has 0 atom stereocenters. The number of rotatable bonds is 7. The van der Waals surface area contributed by atoms with Gasteiger partial charge in [-0.2, -0.15) is 0 Å². The average molecular weight is 569 g/mol. The second-order valence-electron chi connectivity index (χ2n) is 8.43. The van der Waals surface area contributed by atoms with E-state index < -0.39 is 0 Å². The SMILES string of the molecule is COc1ccc(/C=C2\Oc3cc(OCc4cc(Br)cc5c4OCOC5)cc(C)c3C2=O)c(OC)c1OC. The molecule has 9 heteroatoms. The fourth-order valence-corrected chi connectivity index (χ4v) is 5.02. The summed E-state index contributed by atoms with van der Waals surface area (Å²) >= 11 is 3.53. The zero-order valence-corrected chi connectivity index (χ0v) is 22.4. The van der Waals surface area contributed by atoms with Gasteiger partial charge in [-0.25, -0.2) is 0 Å². The van der Waals surface area contributed by atoms with E-state index in [1.165, 1.54) is 14.2 Å². The van der Waals surface area contributed by atoms with Crippen molar-refractivity contribution >= 4 is 27.8 Å². The van der Waals surface area contributed by atoms with Crippen molar-refractivity contribution in [2.24, 2.45) is 0 Å². The van der Waals surface area contributed by atoms with Crippen LogP contribution in [0.3, 0.4) is 0 Å². The third kappa shape index (κ3) is 4.72. The Morgan fingerprint density at radius 3 is 2.59 bits per heavy atom. The fourth-order valence-electron chi connectivity index (χ4n) is 4.47. The van der Waals surface area contributed by atoms with E-state index in [9.17, 15) is 4.79 Å². The molecule has 5 rings (SSSR count). The number of ether oxygens (including phenoxy) is 7. The van der Waals surface area contributed by atoms with Crippen LogP contribution in [0.15, 0.2) is 46.6 Å². The largest absolute Gasteiger partial charge is 0.493 e. The molecule has 0 fully saturated rings. The van der Waals surface area contributed by atoms with Crippen molar-refractivity contribution in [2.75, 3.05) is 28.1 Å². The first-order valence-corrected chi connectivity index (χ1v) is 12.2. The van der Waals surface area contributed by atoms with Crippen LogP contribution in [0.4, 0.5) is 0 Å². The highest BCUT2D eigenvalue weighted by Gasteiger charge is 2.31. The predicted molar refractivity (Wildman–Crippen MR) is 139 cm³/mol. The van der Waals surface area contributed by atoms with Gasteiger partial charge in [0, 0.05) is 27.2 Å². The highest BCUT2D eigenvalue weighted by atomic mass is 79.9. The minimum atomic E-state index is -0.217. The number of allylic oxidation sites excluding steroid dienone is 1. The molecule has 8 nitrogen and oxygen atoms in total. The van der Waals surface area contributed by atoms with Crippen LogP contribution in [0, 0.1) is 6.92 Å². The standard InChI is InChI=1S/C28H25BrO8/c1-15-7-20(35-13-18-9-19(29)8-17-12-34-14-36-26(17)18)11-22-24(15)25(30)23(37-22)10-16-5-6-21(31-2)28(33-4)27(16)32-3/h5-11H,12-14H2,1-4H3/b23-10-.